The molecule has 1 aliphatic heterocycles. The number of carbonyl (C=O) groups excluding carboxylic acids is 2. The predicted molar refractivity (Wildman–Crippen MR) is 128 cm³/mol. The van der Waals surface area contributed by atoms with Gasteiger partial charge in [-0.2, -0.15) is 0 Å². The standard InChI is InChI=1S/C25H31N5O3/c1-5-17-7-6-9-29(16-17)23(31)19-11-18-8-10-30(22(18)27-13-19)21-12-20(14-26-15-21)28-24(32)33-25(2,3)4/h8,10-15,17H,5-7,9,16H2,1-4H3,(H,28,32). The molecule has 2 amide bonds. The van der Waals surface area contributed by atoms with Crippen molar-refractivity contribution in [3.63, 3.8) is 0 Å². The highest BCUT2D eigenvalue weighted by Crippen LogP contribution is 2.24. The molecule has 0 bridgehead atoms. The average Bonchev–Trinajstić information content (AvgIpc) is 3.21. The number of pyridine rings is 2. The van der Waals surface area contributed by atoms with Crippen molar-refractivity contribution < 1.29 is 14.3 Å². The highest BCUT2D eigenvalue weighted by atomic mass is 16.6. The van der Waals surface area contributed by atoms with Crippen LogP contribution in [0.15, 0.2) is 43.0 Å². The number of nitrogens with zero attached hydrogens (tertiary/aromatic N) is 4. The SMILES string of the molecule is CCC1CCCN(C(=O)c2cnc3c(ccn3-c3cncc(NC(=O)OC(C)(C)C)c3)c2)C1. The minimum absolute atomic E-state index is 0.0422. The van der Waals surface area contributed by atoms with Gasteiger partial charge in [0.25, 0.3) is 5.91 Å². The molecule has 0 spiro atoms. The molecular formula is C25H31N5O3. The third-order valence-electron chi connectivity index (χ3n) is 5.80. The Bertz CT molecular complexity index is 1160. The summed E-state index contributed by atoms with van der Waals surface area (Å²) in [6.07, 6.45) is 9.59. The van der Waals surface area contributed by atoms with Crippen LogP contribution in [0.25, 0.3) is 16.7 Å². The Morgan fingerprint density at radius 2 is 2.03 bits per heavy atom. The molecule has 0 aromatic carbocycles. The van der Waals surface area contributed by atoms with Crippen LogP contribution < -0.4 is 5.32 Å². The number of piperidine rings is 1. The molecular weight excluding hydrogens is 418 g/mol. The molecule has 33 heavy (non-hydrogen) atoms. The first-order valence-corrected chi connectivity index (χ1v) is 11.5. The highest BCUT2D eigenvalue weighted by Gasteiger charge is 2.24. The largest absolute Gasteiger partial charge is 0.444 e. The lowest BCUT2D eigenvalue weighted by Crippen LogP contribution is -2.39. The van der Waals surface area contributed by atoms with Crippen LogP contribution in [0.1, 0.15) is 57.3 Å². The number of amides is 2. The summed E-state index contributed by atoms with van der Waals surface area (Å²) < 4.78 is 7.19. The zero-order valence-electron chi connectivity index (χ0n) is 19.7. The van der Waals surface area contributed by atoms with Crippen molar-refractivity contribution in [2.24, 2.45) is 5.92 Å². The molecule has 1 fully saturated rings. The van der Waals surface area contributed by atoms with Gasteiger partial charge in [0.1, 0.15) is 11.2 Å². The molecule has 1 aliphatic rings. The van der Waals surface area contributed by atoms with Crippen LogP contribution in [-0.4, -0.2) is 50.1 Å². The number of ether oxygens (including phenoxy) is 1. The van der Waals surface area contributed by atoms with Crippen LogP contribution in [0.4, 0.5) is 10.5 Å². The van der Waals surface area contributed by atoms with Crippen LogP contribution in [0.5, 0.6) is 0 Å². The average molecular weight is 450 g/mol. The Morgan fingerprint density at radius 1 is 1.21 bits per heavy atom. The third kappa shape index (κ3) is 5.32. The summed E-state index contributed by atoms with van der Waals surface area (Å²) in [5.41, 5.74) is 2.00. The van der Waals surface area contributed by atoms with Crippen LogP contribution in [-0.2, 0) is 4.74 Å². The summed E-state index contributed by atoms with van der Waals surface area (Å²) in [5.74, 6) is 0.620. The number of hydrogen-bond acceptors (Lipinski definition) is 5. The zero-order valence-corrected chi connectivity index (χ0v) is 19.7. The van der Waals surface area contributed by atoms with Crippen molar-refractivity contribution in [3.05, 3.63) is 48.5 Å². The van der Waals surface area contributed by atoms with E-state index in [0.29, 0.717) is 22.8 Å². The quantitative estimate of drug-likeness (QED) is 0.603. The van der Waals surface area contributed by atoms with Crippen LogP contribution in [0, 0.1) is 5.92 Å². The van der Waals surface area contributed by atoms with Gasteiger partial charge in [0.05, 0.1) is 29.3 Å². The number of fused-ring (bicyclic) bond motifs is 1. The lowest BCUT2D eigenvalue weighted by Gasteiger charge is -2.32. The van der Waals surface area contributed by atoms with Gasteiger partial charge in [-0.25, -0.2) is 9.78 Å². The summed E-state index contributed by atoms with van der Waals surface area (Å²) >= 11 is 0. The number of rotatable bonds is 4. The second kappa shape index (κ2) is 9.21. The fourth-order valence-electron chi connectivity index (χ4n) is 4.16. The molecule has 8 heteroatoms. The van der Waals surface area contributed by atoms with E-state index >= 15 is 0 Å². The number of hydrogen-bond donors (Lipinski definition) is 1. The van der Waals surface area contributed by atoms with Gasteiger partial charge in [-0.15, -0.1) is 0 Å². The fourth-order valence-corrected chi connectivity index (χ4v) is 4.16. The molecule has 3 aromatic rings. The first-order valence-electron chi connectivity index (χ1n) is 11.5. The first-order chi connectivity index (χ1) is 15.7. The summed E-state index contributed by atoms with van der Waals surface area (Å²) in [7, 11) is 0. The Labute approximate surface area is 194 Å². The Hall–Kier alpha value is -3.42. The summed E-state index contributed by atoms with van der Waals surface area (Å²) in [5, 5.41) is 3.58. The molecule has 1 saturated heterocycles. The third-order valence-corrected chi connectivity index (χ3v) is 5.80. The van der Waals surface area contributed by atoms with Crippen molar-refractivity contribution in [1.29, 1.82) is 0 Å². The van der Waals surface area contributed by atoms with E-state index in [0.717, 1.165) is 37.0 Å². The van der Waals surface area contributed by atoms with Gasteiger partial charge in [-0.1, -0.05) is 13.3 Å². The lowest BCUT2D eigenvalue weighted by molar-refractivity contribution is 0.0634. The molecule has 0 saturated carbocycles. The number of aromatic nitrogens is 3. The van der Waals surface area contributed by atoms with Crippen molar-refractivity contribution in [3.8, 4) is 5.69 Å². The first kappa shape index (κ1) is 22.8. The smallest absolute Gasteiger partial charge is 0.412 e. The molecule has 4 heterocycles. The van der Waals surface area contributed by atoms with E-state index in [1.807, 2.05) is 48.6 Å². The zero-order chi connectivity index (χ0) is 23.6. The molecule has 0 radical (unpaired) electrons. The van der Waals surface area contributed by atoms with E-state index in [4.69, 9.17) is 4.74 Å². The molecule has 4 rings (SSSR count). The van der Waals surface area contributed by atoms with E-state index in [1.54, 1.807) is 24.7 Å². The van der Waals surface area contributed by atoms with Gasteiger partial charge in [-0.05, 0) is 57.7 Å². The number of nitrogens with one attached hydrogen (secondary N) is 1. The minimum Gasteiger partial charge on any atom is -0.444 e. The van der Waals surface area contributed by atoms with Crippen LogP contribution >= 0.6 is 0 Å². The highest BCUT2D eigenvalue weighted by molar-refractivity contribution is 5.97. The molecule has 1 unspecified atom stereocenters. The van der Waals surface area contributed by atoms with Crippen LogP contribution in [0.2, 0.25) is 0 Å². The Kier molecular flexibility index (Phi) is 6.35. The Balaban J connectivity index is 1.54. The second-order valence-corrected chi connectivity index (χ2v) is 9.55. The monoisotopic (exact) mass is 449 g/mol. The molecule has 1 atom stereocenters. The van der Waals surface area contributed by atoms with Gasteiger partial charge < -0.3 is 9.64 Å². The van der Waals surface area contributed by atoms with E-state index < -0.39 is 11.7 Å². The van der Waals surface area contributed by atoms with Crippen LogP contribution in [0.3, 0.4) is 0 Å². The predicted octanol–water partition coefficient (Wildman–Crippen LogP) is 5.03. The summed E-state index contributed by atoms with van der Waals surface area (Å²) in [6, 6.07) is 5.63. The van der Waals surface area contributed by atoms with E-state index in [-0.39, 0.29) is 5.91 Å². The number of carbonyl (C=O) groups is 2. The normalized spacial score (nSPS) is 16.6. The molecule has 1 N–H and O–H groups in total. The van der Waals surface area contributed by atoms with Crippen molar-refractivity contribution in [1.82, 2.24) is 19.4 Å². The van der Waals surface area contributed by atoms with Gasteiger partial charge in [0, 0.05) is 30.9 Å². The Morgan fingerprint density at radius 3 is 2.79 bits per heavy atom. The summed E-state index contributed by atoms with van der Waals surface area (Å²) in [4.78, 5) is 35.9. The molecule has 0 aliphatic carbocycles. The van der Waals surface area contributed by atoms with E-state index in [9.17, 15) is 9.59 Å². The van der Waals surface area contributed by atoms with E-state index in [1.165, 1.54) is 6.42 Å². The van der Waals surface area contributed by atoms with Gasteiger partial charge in [-0.3, -0.25) is 19.7 Å². The van der Waals surface area contributed by atoms with Gasteiger partial charge >= 0.3 is 6.09 Å². The molecule has 3 aromatic heterocycles. The lowest BCUT2D eigenvalue weighted by atomic mass is 9.95. The second-order valence-electron chi connectivity index (χ2n) is 9.55. The maximum atomic E-state index is 13.0. The molecule has 174 valence electrons. The summed E-state index contributed by atoms with van der Waals surface area (Å²) in [6.45, 7) is 9.23. The van der Waals surface area contributed by atoms with Crippen molar-refractivity contribution in [2.75, 3.05) is 18.4 Å². The maximum Gasteiger partial charge on any atom is 0.412 e. The van der Waals surface area contributed by atoms with E-state index in [2.05, 4.69) is 22.2 Å². The minimum atomic E-state index is -0.587. The number of likely N-dealkylation sites (tertiary alicyclic amines) is 1. The van der Waals surface area contributed by atoms with Gasteiger partial charge in [0.2, 0.25) is 0 Å². The molecule has 8 nitrogen and oxygen atoms in total. The van der Waals surface area contributed by atoms with Gasteiger partial charge in [0.15, 0.2) is 0 Å². The van der Waals surface area contributed by atoms with Crippen molar-refractivity contribution >= 4 is 28.7 Å². The van der Waals surface area contributed by atoms with Crippen molar-refractivity contribution in [2.45, 2.75) is 52.6 Å². The fraction of sp³-hybridized carbons (Fsp3) is 0.440. The number of anilines is 1. The maximum absolute atomic E-state index is 13.0. The topological polar surface area (TPSA) is 89.4 Å².